The summed E-state index contributed by atoms with van der Waals surface area (Å²) in [6.07, 6.45) is -4.39. The van der Waals surface area contributed by atoms with Crippen molar-refractivity contribution in [3.05, 3.63) is 35.4 Å². The molecule has 0 saturated carbocycles. The van der Waals surface area contributed by atoms with Gasteiger partial charge >= 0.3 is 6.18 Å². The molecule has 0 aromatic heterocycles. The highest BCUT2D eigenvalue weighted by Crippen LogP contribution is 2.28. The average molecular weight is 233 g/mol. The summed E-state index contributed by atoms with van der Waals surface area (Å²) < 4.78 is 36.4. The van der Waals surface area contributed by atoms with Crippen molar-refractivity contribution in [1.82, 2.24) is 5.32 Å². The third-order valence-corrected chi connectivity index (χ3v) is 1.78. The molecule has 15 heavy (non-hydrogen) atoms. The van der Waals surface area contributed by atoms with Crippen LogP contribution in [0.3, 0.4) is 0 Å². The van der Waals surface area contributed by atoms with E-state index in [9.17, 15) is 18.0 Å². The Hall–Kier alpha value is -1.43. The summed E-state index contributed by atoms with van der Waals surface area (Å²) in [6.45, 7) is 0. The Kier molecular flexibility index (Phi) is 3.41. The van der Waals surface area contributed by atoms with Gasteiger partial charge in [-0.2, -0.15) is 13.2 Å². The first-order valence-corrected chi connectivity index (χ1v) is 4.34. The molecule has 80 valence electrons. The molecule has 1 aromatic rings. The summed E-state index contributed by atoms with van der Waals surface area (Å²) in [5, 5.41) is 2.19. The second-order valence-electron chi connectivity index (χ2n) is 2.67. The van der Waals surface area contributed by atoms with Crippen molar-refractivity contribution in [3.63, 3.8) is 0 Å². The van der Waals surface area contributed by atoms with Gasteiger partial charge in [0.2, 0.25) is 0 Å². The number of amides is 1. The van der Waals surface area contributed by atoms with E-state index in [0.29, 0.717) is 0 Å². The van der Waals surface area contributed by atoms with Gasteiger partial charge in [-0.1, -0.05) is 12.2 Å². The molecule has 0 aliphatic carbocycles. The normalized spacial score (nSPS) is 10.9. The SMILES string of the molecule is O=C(NC=S)c1ccc(C(F)(F)F)cc1. The lowest BCUT2D eigenvalue weighted by molar-refractivity contribution is -0.137. The molecule has 0 atom stereocenters. The Morgan fingerprint density at radius 1 is 1.27 bits per heavy atom. The van der Waals surface area contributed by atoms with Gasteiger partial charge < -0.3 is 5.32 Å². The molecule has 1 N–H and O–H groups in total. The fraction of sp³-hybridized carbons (Fsp3) is 0.111. The molecular formula is C9H6F3NOS. The Balaban J connectivity index is 2.90. The number of carbonyl (C=O) groups excluding carboxylic acids is 1. The van der Waals surface area contributed by atoms with Crippen LogP contribution >= 0.6 is 12.2 Å². The largest absolute Gasteiger partial charge is 0.416 e. The average Bonchev–Trinajstić information content (AvgIpc) is 2.17. The zero-order valence-corrected chi connectivity index (χ0v) is 8.15. The van der Waals surface area contributed by atoms with E-state index in [-0.39, 0.29) is 5.56 Å². The highest BCUT2D eigenvalue weighted by atomic mass is 32.1. The lowest BCUT2D eigenvalue weighted by Crippen LogP contribution is -2.20. The third kappa shape index (κ3) is 3.02. The maximum atomic E-state index is 12.1. The van der Waals surface area contributed by atoms with Crippen molar-refractivity contribution in [1.29, 1.82) is 0 Å². The number of hydrogen-bond donors (Lipinski definition) is 1. The van der Waals surface area contributed by atoms with Gasteiger partial charge in [0.1, 0.15) is 0 Å². The molecule has 0 aliphatic rings. The monoisotopic (exact) mass is 233 g/mol. The van der Waals surface area contributed by atoms with E-state index in [2.05, 4.69) is 17.5 Å². The van der Waals surface area contributed by atoms with E-state index in [1.165, 1.54) is 0 Å². The molecule has 6 heteroatoms. The molecule has 0 radical (unpaired) electrons. The van der Waals surface area contributed by atoms with Crippen LogP contribution < -0.4 is 5.32 Å². The van der Waals surface area contributed by atoms with Crippen LogP contribution in [0.1, 0.15) is 15.9 Å². The van der Waals surface area contributed by atoms with Gasteiger partial charge in [0.15, 0.2) is 0 Å². The van der Waals surface area contributed by atoms with Gasteiger partial charge in [-0.15, -0.1) is 0 Å². The van der Waals surface area contributed by atoms with Gasteiger partial charge in [0.05, 0.1) is 11.1 Å². The molecule has 2 nitrogen and oxygen atoms in total. The molecule has 0 unspecified atom stereocenters. The van der Waals surface area contributed by atoms with Crippen LogP contribution in [0.4, 0.5) is 13.2 Å². The highest BCUT2D eigenvalue weighted by molar-refractivity contribution is 7.78. The maximum Gasteiger partial charge on any atom is 0.416 e. The van der Waals surface area contributed by atoms with Crippen LogP contribution in [-0.2, 0) is 6.18 Å². The molecule has 0 saturated heterocycles. The topological polar surface area (TPSA) is 29.1 Å². The van der Waals surface area contributed by atoms with E-state index in [0.717, 1.165) is 29.8 Å². The van der Waals surface area contributed by atoms with Crippen molar-refractivity contribution in [2.45, 2.75) is 6.18 Å². The van der Waals surface area contributed by atoms with Crippen LogP contribution in [0.2, 0.25) is 0 Å². The maximum absolute atomic E-state index is 12.1. The Morgan fingerprint density at radius 2 is 1.80 bits per heavy atom. The molecule has 1 amide bonds. The summed E-state index contributed by atoms with van der Waals surface area (Å²) in [5.41, 5.74) is 0.338. The van der Waals surface area contributed by atoms with E-state index < -0.39 is 17.6 Å². The summed E-state index contributed by atoms with van der Waals surface area (Å²) in [4.78, 5) is 11.1. The van der Waals surface area contributed by atoms with Gasteiger partial charge in [0, 0.05) is 5.56 Å². The highest BCUT2D eigenvalue weighted by Gasteiger charge is 2.30. The Bertz CT molecular complexity index is 372. The second-order valence-corrected chi connectivity index (χ2v) is 2.90. The van der Waals surface area contributed by atoms with E-state index >= 15 is 0 Å². The first-order valence-electron chi connectivity index (χ1n) is 3.87. The minimum Gasteiger partial charge on any atom is -0.319 e. The molecule has 0 heterocycles. The van der Waals surface area contributed by atoms with Crippen LogP contribution in [0, 0.1) is 0 Å². The van der Waals surface area contributed by atoms with Gasteiger partial charge in [-0.05, 0) is 24.3 Å². The molecule has 0 aliphatic heterocycles. The lowest BCUT2D eigenvalue weighted by atomic mass is 10.1. The van der Waals surface area contributed by atoms with Crippen molar-refractivity contribution in [3.8, 4) is 0 Å². The van der Waals surface area contributed by atoms with Crippen molar-refractivity contribution >= 4 is 23.6 Å². The number of nitrogens with one attached hydrogen (secondary N) is 1. The smallest absolute Gasteiger partial charge is 0.319 e. The Labute approximate surface area is 89.1 Å². The second kappa shape index (κ2) is 4.39. The molecule has 1 rings (SSSR count). The summed E-state index contributed by atoms with van der Waals surface area (Å²) in [6, 6.07) is 3.88. The standard InChI is InChI=1S/C9H6F3NOS/c10-9(11,12)7-3-1-6(2-4-7)8(14)13-5-15/h1-5H,(H,13,14,15). The number of halogens is 3. The molecule has 0 fully saturated rings. The first-order chi connectivity index (χ1) is 6.95. The predicted octanol–water partition coefficient (Wildman–Crippen LogP) is 2.39. The van der Waals surface area contributed by atoms with Crippen molar-refractivity contribution in [2.24, 2.45) is 0 Å². The fourth-order valence-corrected chi connectivity index (χ4v) is 1.05. The summed E-state index contributed by atoms with van der Waals surface area (Å²) >= 11 is 4.38. The summed E-state index contributed by atoms with van der Waals surface area (Å²) in [5.74, 6) is -0.529. The van der Waals surface area contributed by atoms with Crippen molar-refractivity contribution < 1.29 is 18.0 Å². The zero-order chi connectivity index (χ0) is 11.5. The van der Waals surface area contributed by atoms with Crippen LogP contribution in [0.25, 0.3) is 0 Å². The van der Waals surface area contributed by atoms with Gasteiger partial charge in [0.25, 0.3) is 5.91 Å². The van der Waals surface area contributed by atoms with E-state index in [4.69, 9.17) is 0 Å². The van der Waals surface area contributed by atoms with Gasteiger partial charge in [-0.25, -0.2) is 0 Å². The van der Waals surface area contributed by atoms with E-state index in [1.807, 2.05) is 0 Å². The molecule has 1 aromatic carbocycles. The third-order valence-electron chi connectivity index (χ3n) is 1.66. The van der Waals surface area contributed by atoms with Crippen LogP contribution in [0.15, 0.2) is 24.3 Å². The number of hydrogen-bond acceptors (Lipinski definition) is 2. The lowest BCUT2D eigenvalue weighted by Gasteiger charge is -2.06. The predicted molar refractivity (Wildman–Crippen MR) is 52.6 cm³/mol. The quantitative estimate of drug-likeness (QED) is 0.795. The van der Waals surface area contributed by atoms with Crippen molar-refractivity contribution in [2.75, 3.05) is 0 Å². The fourth-order valence-electron chi connectivity index (χ4n) is 0.947. The number of thiocarbonyl (C=S) groups is 1. The van der Waals surface area contributed by atoms with E-state index in [1.54, 1.807) is 0 Å². The number of carbonyl (C=O) groups is 1. The molecule has 0 spiro atoms. The minimum absolute atomic E-state index is 0.129. The van der Waals surface area contributed by atoms with Crippen LogP contribution in [0.5, 0.6) is 0 Å². The summed E-state index contributed by atoms with van der Waals surface area (Å²) in [7, 11) is 0. The first kappa shape index (κ1) is 11.6. The number of rotatable bonds is 2. The number of benzene rings is 1. The van der Waals surface area contributed by atoms with Gasteiger partial charge in [-0.3, -0.25) is 4.79 Å². The zero-order valence-electron chi connectivity index (χ0n) is 7.34. The minimum atomic E-state index is -4.39. The molecular weight excluding hydrogens is 227 g/mol. The number of alkyl halides is 3. The van der Waals surface area contributed by atoms with Crippen LogP contribution in [-0.4, -0.2) is 11.4 Å². The molecule has 0 bridgehead atoms. The Morgan fingerprint density at radius 3 is 2.20 bits per heavy atom.